The van der Waals surface area contributed by atoms with Crippen LogP contribution >= 0.6 is 0 Å². The summed E-state index contributed by atoms with van der Waals surface area (Å²) >= 11 is 0. The van der Waals surface area contributed by atoms with Gasteiger partial charge in [0.25, 0.3) is 10.0 Å². The third-order valence-corrected chi connectivity index (χ3v) is 7.02. The summed E-state index contributed by atoms with van der Waals surface area (Å²) in [6.07, 6.45) is -5.48. The van der Waals surface area contributed by atoms with E-state index in [4.69, 9.17) is 14.2 Å². The van der Waals surface area contributed by atoms with Gasteiger partial charge in [0.1, 0.15) is 35.9 Å². The van der Waals surface area contributed by atoms with E-state index in [1.807, 2.05) is 0 Å². The van der Waals surface area contributed by atoms with E-state index in [1.54, 1.807) is 48.5 Å². The van der Waals surface area contributed by atoms with Crippen molar-refractivity contribution in [2.75, 3.05) is 23.8 Å². The van der Waals surface area contributed by atoms with E-state index in [0.717, 1.165) is 0 Å². The second-order valence-corrected chi connectivity index (χ2v) is 9.83. The van der Waals surface area contributed by atoms with E-state index in [2.05, 4.69) is 15.0 Å². The molecule has 1 saturated heterocycles. The molecule has 198 valence electrons. The Kier molecular flexibility index (Phi) is 8.12. The number of anilines is 3. The summed E-state index contributed by atoms with van der Waals surface area (Å²) in [5.41, 5.74) is 0.768. The molecule has 1 aliphatic heterocycles. The van der Waals surface area contributed by atoms with Gasteiger partial charge in [-0.05, 0) is 60.7 Å². The van der Waals surface area contributed by atoms with Gasteiger partial charge in [-0.2, -0.15) is 0 Å². The van der Waals surface area contributed by atoms with Gasteiger partial charge in [-0.1, -0.05) is 0 Å². The maximum atomic E-state index is 12.8. The predicted molar refractivity (Wildman–Crippen MR) is 132 cm³/mol. The highest BCUT2D eigenvalue weighted by molar-refractivity contribution is 7.92. The Bertz CT molecular complexity index is 1290. The van der Waals surface area contributed by atoms with Gasteiger partial charge in [-0.3, -0.25) is 4.72 Å². The SMILES string of the molecule is COc1ccc(S(=O)(=O)Nc2cccnc2Nc2ccc(O[C@@H]3O[C@H](CO)[C@@H](O)[C@H](O)[C@H]3O)cc2)cc1. The first-order chi connectivity index (χ1) is 17.7. The number of benzene rings is 2. The second kappa shape index (κ2) is 11.3. The Hall–Kier alpha value is -3.46. The number of ether oxygens (including phenoxy) is 3. The number of aliphatic hydroxyl groups excluding tert-OH is 4. The van der Waals surface area contributed by atoms with Gasteiger partial charge in [-0.25, -0.2) is 13.4 Å². The number of pyridine rings is 1. The summed E-state index contributed by atoms with van der Waals surface area (Å²) in [4.78, 5) is 4.27. The molecule has 2 aromatic carbocycles. The van der Waals surface area contributed by atoms with Crippen LogP contribution in [0.2, 0.25) is 0 Å². The minimum absolute atomic E-state index is 0.0535. The molecule has 1 aromatic heterocycles. The van der Waals surface area contributed by atoms with Crippen LogP contribution in [-0.2, 0) is 14.8 Å². The fourth-order valence-electron chi connectivity index (χ4n) is 3.60. The molecule has 0 spiro atoms. The van der Waals surface area contributed by atoms with E-state index >= 15 is 0 Å². The van der Waals surface area contributed by atoms with Crippen molar-refractivity contribution in [1.29, 1.82) is 0 Å². The van der Waals surface area contributed by atoms with Crippen LogP contribution in [0.5, 0.6) is 11.5 Å². The van der Waals surface area contributed by atoms with Crippen LogP contribution in [0, 0.1) is 0 Å². The van der Waals surface area contributed by atoms with Gasteiger partial charge in [0.2, 0.25) is 6.29 Å². The van der Waals surface area contributed by atoms with Crippen LogP contribution in [0.15, 0.2) is 71.8 Å². The lowest BCUT2D eigenvalue weighted by molar-refractivity contribution is -0.277. The Balaban J connectivity index is 1.45. The van der Waals surface area contributed by atoms with Crippen molar-refractivity contribution in [1.82, 2.24) is 4.98 Å². The third-order valence-electron chi connectivity index (χ3n) is 5.64. The van der Waals surface area contributed by atoms with E-state index in [1.165, 1.54) is 25.4 Å². The van der Waals surface area contributed by atoms with Crippen molar-refractivity contribution in [3.63, 3.8) is 0 Å². The number of nitrogens with zero attached hydrogens (tertiary/aromatic N) is 1. The molecule has 3 aromatic rings. The Morgan fingerprint density at radius 1 is 0.946 bits per heavy atom. The summed E-state index contributed by atoms with van der Waals surface area (Å²) in [6, 6.07) is 15.4. The van der Waals surface area contributed by atoms with E-state index in [-0.39, 0.29) is 22.2 Å². The Morgan fingerprint density at radius 3 is 2.27 bits per heavy atom. The fraction of sp³-hybridized carbons (Fsp3) is 0.292. The number of aliphatic hydroxyl groups is 4. The van der Waals surface area contributed by atoms with Crippen LogP contribution in [-0.4, -0.2) is 78.3 Å². The number of hydrogen-bond donors (Lipinski definition) is 6. The second-order valence-electron chi connectivity index (χ2n) is 8.15. The first-order valence-corrected chi connectivity index (χ1v) is 12.7. The van der Waals surface area contributed by atoms with Gasteiger partial charge in [-0.15, -0.1) is 0 Å². The van der Waals surface area contributed by atoms with Crippen molar-refractivity contribution in [3.05, 3.63) is 66.9 Å². The lowest BCUT2D eigenvalue weighted by Gasteiger charge is -2.39. The zero-order valence-electron chi connectivity index (χ0n) is 19.6. The predicted octanol–water partition coefficient (Wildman–Crippen LogP) is 0.813. The molecule has 6 N–H and O–H groups in total. The molecule has 1 aliphatic rings. The minimum Gasteiger partial charge on any atom is -0.497 e. The maximum absolute atomic E-state index is 12.8. The monoisotopic (exact) mass is 533 g/mol. The molecule has 1 fully saturated rings. The molecule has 4 rings (SSSR count). The summed E-state index contributed by atoms with van der Waals surface area (Å²) in [5, 5.41) is 42.3. The van der Waals surface area contributed by atoms with Gasteiger partial charge < -0.3 is 40.0 Å². The zero-order valence-corrected chi connectivity index (χ0v) is 20.4. The highest BCUT2D eigenvalue weighted by Gasteiger charge is 2.44. The largest absolute Gasteiger partial charge is 0.497 e. The first kappa shape index (κ1) is 26.6. The molecule has 0 radical (unpaired) electrons. The summed E-state index contributed by atoms with van der Waals surface area (Å²) in [6.45, 7) is -0.567. The molecule has 2 heterocycles. The first-order valence-electron chi connectivity index (χ1n) is 11.2. The van der Waals surface area contributed by atoms with Crippen LogP contribution in [0.1, 0.15) is 0 Å². The van der Waals surface area contributed by atoms with Crippen LogP contribution in [0.4, 0.5) is 17.2 Å². The fourth-order valence-corrected chi connectivity index (χ4v) is 4.66. The number of hydrogen-bond acceptors (Lipinski definition) is 11. The molecule has 0 aliphatic carbocycles. The van der Waals surface area contributed by atoms with Gasteiger partial charge >= 0.3 is 0 Å². The van der Waals surface area contributed by atoms with Crippen LogP contribution in [0.25, 0.3) is 0 Å². The topological polar surface area (TPSA) is 180 Å². The highest BCUT2D eigenvalue weighted by Crippen LogP contribution is 2.29. The number of rotatable bonds is 9. The van der Waals surface area contributed by atoms with Crippen molar-refractivity contribution < 1.29 is 43.1 Å². The average molecular weight is 534 g/mol. The summed E-state index contributed by atoms with van der Waals surface area (Å²) in [5.74, 6) is 1.06. The molecule has 0 amide bonds. The lowest BCUT2D eigenvalue weighted by atomic mass is 9.99. The van der Waals surface area contributed by atoms with E-state index in [9.17, 15) is 28.8 Å². The van der Waals surface area contributed by atoms with Gasteiger partial charge in [0.05, 0.1) is 24.3 Å². The smallest absolute Gasteiger partial charge is 0.262 e. The molecule has 37 heavy (non-hydrogen) atoms. The maximum Gasteiger partial charge on any atom is 0.262 e. The number of nitrogens with one attached hydrogen (secondary N) is 2. The van der Waals surface area contributed by atoms with Crippen LogP contribution < -0.4 is 19.5 Å². The third kappa shape index (κ3) is 6.10. The number of sulfonamides is 1. The van der Waals surface area contributed by atoms with Crippen molar-refractivity contribution >= 4 is 27.2 Å². The van der Waals surface area contributed by atoms with Crippen molar-refractivity contribution in [2.45, 2.75) is 35.6 Å². The normalized spacial score (nSPS) is 23.8. The van der Waals surface area contributed by atoms with Crippen molar-refractivity contribution in [2.24, 2.45) is 0 Å². The standard InChI is InChI=1S/C24H27N3O9S/c1-34-15-8-10-17(11-9-15)37(32,33)27-18-3-2-12-25-23(18)26-14-4-6-16(7-5-14)35-24-22(31)21(30)20(29)19(13-28)36-24/h2-12,19-22,24,27-31H,13H2,1H3,(H,25,26)/t19-,20-,21+,22-,24-/m1/s1. The molecule has 0 saturated carbocycles. The molecule has 0 unspecified atom stereocenters. The highest BCUT2D eigenvalue weighted by atomic mass is 32.2. The van der Waals surface area contributed by atoms with E-state index < -0.39 is 47.3 Å². The van der Waals surface area contributed by atoms with E-state index in [0.29, 0.717) is 11.4 Å². The molecule has 0 bridgehead atoms. The minimum atomic E-state index is -3.90. The van der Waals surface area contributed by atoms with Gasteiger partial charge in [0, 0.05) is 11.9 Å². The molecule has 12 nitrogen and oxygen atoms in total. The average Bonchev–Trinajstić information content (AvgIpc) is 2.91. The lowest BCUT2D eigenvalue weighted by Crippen LogP contribution is -2.60. The molecule has 5 atom stereocenters. The molecular weight excluding hydrogens is 506 g/mol. The zero-order chi connectivity index (χ0) is 26.6. The van der Waals surface area contributed by atoms with Gasteiger partial charge in [0.15, 0.2) is 5.82 Å². The van der Waals surface area contributed by atoms with Crippen LogP contribution in [0.3, 0.4) is 0 Å². The Morgan fingerprint density at radius 2 is 1.62 bits per heavy atom. The summed E-state index contributed by atoms with van der Waals surface area (Å²) in [7, 11) is -2.41. The Labute approximate surface area is 213 Å². The number of aromatic nitrogens is 1. The van der Waals surface area contributed by atoms with Crippen molar-refractivity contribution in [3.8, 4) is 11.5 Å². The number of methoxy groups -OCH3 is 1. The quantitative estimate of drug-likeness (QED) is 0.229. The molecular formula is C24H27N3O9S. The molecule has 13 heteroatoms. The summed E-state index contributed by atoms with van der Waals surface area (Å²) < 4.78 is 44.2.